The number of nitrogens with one attached hydrogen (secondary N) is 2. The molecule has 0 spiro atoms. The SMILES string of the molecule is COc1cc(N2CCC(NCCCCOc3cccc4c3CN(C3CCC(=O)NC3=O)C4=O)CC2)ccc1Cc1ncc(Cl)c(Cc2ccccc2P(C)(C)=O)n1. The van der Waals surface area contributed by atoms with Gasteiger partial charge < -0.3 is 29.2 Å². The molecule has 2 saturated heterocycles. The largest absolute Gasteiger partial charge is 0.496 e. The van der Waals surface area contributed by atoms with Crippen molar-refractivity contribution >= 4 is 47.5 Å². The zero-order valence-electron chi connectivity index (χ0n) is 32.8. The molecular formula is C43H50ClN6O6P. The van der Waals surface area contributed by atoms with Crippen LogP contribution in [-0.2, 0) is 33.5 Å². The van der Waals surface area contributed by atoms with Crippen molar-refractivity contribution in [3.05, 3.63) is 106 Å². The third-order valence-corrected chi connectivity index (χ3v) is 13.0. The number of rotatable bonds is 15. The maximum absolute atomic E-state index is 13.1. The predicted octanol–water partition coefficient (Wildman–Crippen LogP) is 5.75. The number of fused-ring (bicyclic) bond motifs is 1. The molecule has 300 valence electrons. The highest BCUT2D eigenvalue weighted by Crippen LogP contribution is 2.37. The number of piperidine rings is 2. The van der Waals surface area contributed by atoms with Gasteiger partial charge in [0, 0.05) is 78.3 Å². The molecule has 0 aliphatic carbocycles. The van der Waals surface area contributed by atoms with Gasteiger partial charge in [0.1, 0.15) is 30.5 Å². The van der Waals surface area contributed by atoms with Gasteiger partial charge in [-0.25, -0.2) is 9.97 Å². The fourth-order valence-electron chi connectivity index (χ4n) is 8.01. The number of benzene rings is 3. The average molecular weight is 813 g/mol. The maximum Gasteiger partial charge on any atom is 0.255 e. The fraction of sp³-hybridized carbons (Fsp3) is 0.419. The number of methoxy groups -OCH3 is 1. The lowest BCUT2D eigenvalue weighted by Crippen LogP contribution is -2.52. The van der Waals surface area contributed by atoms with Gasteiger partial charge in [-0.2, -0.15) is 0 Å². The molecule has 2 N–H and O–H groups in total. The molecule has 12 nitrogen and oxygen atoms in total. The summed E-state index contributed by atoms with van der Waals surface area (Å²) in [5.74, 6) is 1.20. The second-order valence-electron chi connectivity index (χ2n) is 15.4. The lowest BCUT2D eigenvalue weighted by molar-refractivity contribution is -0.136. The highest BCUT2D eigenvalue weighted by molar-refractivity contribution is 7.70. The van der Waals surface area contributed by atoms with Crippen molar-refractivity contribution in [2.45, 2.75) is 70.0 Å². The molecule has 14 heteroatoms. The van der Waals surface area contributed by atoms with Crippen molar-refractivity contribution in [3.63, 3.8) is 0 Å². The van der Waals surface area contributed by atoms with E-state index in [0.717, 1.165) is 78.7 Å². The summed E-state index contributed by atoms with van der Waals surface area (Å²) in [5, 5.41) is 7.40. The number of anilines is 1. The molecule has 1 aromatic heterocycles. The zero-order valence-corrected chi connectivity index (χ0v) is 34.4. The number of amides is 3. The number of hydrogen-bond donors (Lipinski definition) is 2. The maximum atomic E-state index is 13.1. The molecule has 3 amide bonds. The van der Waals surface area contributed by atoms with E-state index in [1.54, 1.807) is 37.6 Å². The van der Waals surface area contributed by atoms with Crippen LogP contribution in [0.4, 0.5) is 5.69 Å². The number of carbonyl (C=O) groups excluding carboxylic acids is 3. The summed E-state index contributed by atoms with van der Waals surface area (Å²) in [6.07, 6.45) is 7.06. The second kappa shape index (κ2) is 17.8. The molecule has 7 rings (SSSR count). The van der Waals surface area contributed by atoms with E-state index in [0.29, 0.717) is 66.3 Å². The first-order valence-electron chi connectivity index (χ1n) is 19.7. The minimum absolute atomic E-state index is 0.197. The Morgan fingerprint density at radius 1 is 0.947 bits per heavy atom. The summed E-state index contributed by atoms with van der Waals surface area (Å²) in [6.45, 7) is 7.15. The topological polar surface area (TPSA) is 143 Å². The van der Waals surface area contributed by atoms with E-state index < -0.39 is 19.1 Å². The number of imide groups is 1. The number of aromatic nitrogens is 2. The minimum atomic E-state index is -2.47. The van der Waals surface area contributed by atoms with Gasteiger partial charge in [0.05, 0.1) is 31.0 Å². The molecular weight excluding hydrogens is 763 g/mol. The van der Waals surface area contributed by atoms with E-state index >= 15 is 0 Å². The first-order chi connectivity index (χ1) is 27.5. The summed E-state index contributed by atoms with van der Waals surface area (Å²) in [4.78, 5) is 50.4. The molecule has 3 aliphatic heterocycles. The van der Waals surface area contributed by atoms with E-state index in [2.05, 4.69) is 38.7 Å². The molecule has 4 aromatic rings. The van der Waals surface area contributed by atoms with Crippen molar-refractivity contribution in [2.75, 3.05) is 51.6 Å². The van der Waals surface area contributed by atoms with Crippen LogP contribution in [0.15, 0.2) is 66.9 Å². The van der Waals surface area contributed by atoms with Crippen LogP contribution in [-0.4, -0.2) is 91.4 Å². The van der Waals surface area contributed by atoms with Gasteiger partial charge in [-0.05, 0) is 75.7 Å². The lowest BCUT2D eigenvalue weighted by Gasteiger charge is -2.34. The number of carbonyl (C=O) groups is 3. The molecule has 1 unspecified atom stereocenters. The van der Waals surface area contributed by atoms with Gasteiger partial charge in [0.15, 0.2) is 0 Å². The van der Waals surface area contributed by atoms with Crippen LogP contribution in [0.25, 0.3) is 0 Å². The lowest BCUT2D eigenvalue weighted by atomic mass is 10.0. The van der Waals surface area contributed by atoms with Crippen molar-refractivity contribution in [2.24, 2.45) is 0 Å². The van der Waals surface area contributed by atoms with Gasteiger partial charge in [-0.1, -0.05) is 48.0 Å². The standard InChI is InChI=1S/C43H50ClN6O6P/c1-55-38-25-31(14-13-28(38)24-40-46-26-34(44)35(47-40)23-29-9-4-5-12-39(29)57(2,3)54)49-20-17-30(18-21-49)45-19-6-7-22-56-37-11-8-10-32-33(37)27-50(43(32)53)36-15-16-41(51)48-42(36)52/h4-5,8-14,25-26,30,36,45H,6-7,15-24,27H2,1-3H3,(H,48,51,52). The monoisotopic (exact) mass is 812 g/mol. The Balaban J connectivity index is 0.855. The molecule has 2 fully saturated rings. The number of nitrogens with zero attached hydrogens (tertiary/aromatic N) is 4. The van der Waals surface area contributed by atoms with E-state index in [4.69, 9.17) is 26.1 Å². The molecule has 0 radical (unpaired) electrons. The van der Waals surface area contributed by atoms with Crippen molar-refractivity contribution in [3.8, 4) is 11.5 Å². The van der Waals surface area contributed by atoms with E-state index in [1.165, 1.54) is 0 Å². The molecule has 3 aliphatic rings. The summed E-state index contributed by atoms with van der Waals surface area (Å²) in [6, 6.07) is 19.3. The minimum Gasteiger partial charge on any atom is -0.496 e. The Hall–Kier alpha value is -4.77. The van der Waals surface area contributed by atoms with Gasteiger partial charge >= 0.3 is 0 Å². The Kier molecular flexibility index (Phi) is 12.6. The summed E-state index contributed by atoms with van der Waals surface area (Å²) >= 11 is 6.55. The highest BCUT2D eigenvalue weighted by atomic mass is 35.5. The normalized spacial score (nSPS) is 17.5. The van der Waals surface area contributed by atoms with Crippen LogP contribution in [0.3, 0.4) is 0 Å². The summed E-state index contributed by atoms with van der Waals surface area (Å²) in [7, 11) is -0.782. The Bertz CT molecular complexity index is 2190. The Morgan fingerprint density at radius 2 is 1.75 bits per heavy atom. The smallest absolute Gasteiger partial charge is 0.255 e. The number of unbranched alkanes of at least 4 members (excludes halogenated alkanes) is 1. The second-order valence-corrected chi connectivity index (χ2v) is 19.0. The van der Waals surface area contributed by atoms with Gasteiger partial charge in [-0.3, -0.25) is 19.7 Å². The van der Waals surface area contributed by atoms with Crippen molar-refractivity contribution < 1.29 is 28.4 Å². The van der Waals surface area contributed by atoms with Crippen LogP contribution in [0.2, 0.25) is 5.02 Å². The highest BCUT2D eigenvalue weighted by Gasteiger charge is 2.40. The molecule has 4 heterocycles. The third kappa shape index (κ3) is 9.52. The summed E-state index contributed by atoms with van der Waals surface area (Å²) in [5.41, 5.74) is 5.13. The average Bonchev–Trinajstić information content (AvgIpc) is 3.53. The Labute approximate surface area is 339 Å². The molecule has 57 heavy (non-hydrogen) atoms. The van der Waals surface area contributed by atoms with Gasteiger partial charge in [0.2, 0.25) is 11.8 Å². The molecule has 0 saturated carbocycles. The third-order valence-electron chi connectivity index (χ3n) is 11.1. The Morgan fingerprint density at radius 3 is 2.53 bits per heavy atom. The van der Waals surface area contributed by atoms with Crippen LogP contribution in [0.1, 0.15) is 77.1 Å². The van der Waals surface area contributed by atoms with Crippen LogP contribution < -0.4 is 30.3 Å². The van der Waals surface area contributed by atoms with E-state index in [1.807, 2.05) is 36.4 Å². The predicted molar refractivity (Wildman–Crippen MR) is 222 cm³/mol. The number of hydrogen-bond acceptors (Lipinski definition) is 10. The molecule has 0 bridgehead atoms. The first-order valence-corrected chi connectivity index (χ1v) is 22.6. The molecule has 1 atom stereocenters. The number of halogens is 1. The summed E-state index contributed by atoms with van der Waals surface area (Å²) < 4.78 is 24.9. The fourth-order valence-corrected chi connectivity index (χ4v) is 9.46. The van der Waals surface area contributed by atoms with E-state index in [-0.39, 0.29) is 18.2 Å². The van der Waals surface area contributed by atoms with Crippen LogP contribution >= 0.6 is 18.7 Å². The van der Waals surface area contributed by atoms with Gasteiger partial charge in [0.25, 0.3) is 5.91 Å². The van der Waals surface area contributed by atoms with E-state index in [9.17, 15) is 18.9 Å². The number of ether oxygens (including phenoxy) is 2. The quantitative estimate of drug-likeness (QED) is 0.0867. The molecule has 3 aromatic carbocycles. The van der Waals surface area contributed by atoms with Gasteiger partial charge in [-0.15, -0.1) is 0 Å². The van der Waals surface area contributed by atoms with Crippen LogP contribution in [0, 0.1) is 0 Å². The van der Waals surface area contributed by atoms with Crippen LogP contribution in [0.5, 0.6) is 11.5 Å². The van der Waals surface area contributed by atoms with Crippen molar-refractivity contribution in [1.29, 1.82) is 0 Å². The zero-order chi connectivity index (χ0) is 40.1. The van der Waals surface area contributed by atoms with Crippen molar-refractivity contribution in [1.82, 2.24) is 25.5 Å². The first kappa shape index (κ1) is 40.4.